The molecular formula is C54H100O9. The van der Waals surface area contributed by atoms with E-state index in [1.54, 1.807) is 0 Å². The molecule has 63 heavy (non-hydrogen) atoms. The summed E-state index contributed by atoms with van der Waals surface area (Å²) in [5, 5.41) is 0. The lowest BCUT2D eigenvalue weighted by atomic mass is 10.0. The minimum Gasteiger partial charge on any atom is -0.462 e. The Balaban J connectivity index is 2.92. The summed E-state index contributed by atoms with van der Waals surface area (Å²) in [5.74, 6) is -1.48. The van der Waals surface area contributed by atoms with Gasteiger partial charge in [0.2, 0.25) is 0 Å². The van der Waals surface area contributed by atoms with Gasteiger partial charge in [0.1, 0.15) is 12.7 Å². The molecule has 0 radical (unpaired) electrons. The van der Waals surface area contributed by atoms with E-state index in [0.717, 1.165) is 77.0 Å². The van der Waals surface area contributed by atoms with E-state index in [1.165, 1.54) is 141 Å². The quantitative estimate of drug-likeness (QED) is 0.0335. The summed E-state index contributed by atoms with van der Waals surface area (Å²) < 4.78 is 30.1. The molecule has 0 aliphatic carbocycles. The van der Waals surface area contributed by atoms with E-state index in [0.29, 0.717) is 12.8 Å². The van der Waals surface area contributed by atoms with Crippen LogP contribution >= 0.6 is 0 Å². The molecule has 1 saturated heterocycles. The van der Waals surface area contributed by atoms with Crippen LogP contribution < -0.4 is 0 Å². The van der Waals surface area contributed by atoms with Crippen LogP contribution in [-0.2, 0) is 42.9 Å². The monoisotopic (exact) mass is 893 g/mol. The van der Waals surface area contributed by atoms with Crippen LogP contribution in [0.3, 0.4) is 0 Å². The van der Waals surface area contributed by atoms with Gasteiger partial charge in [-0.15, -0.1) is 0 Å². The molecule has 0 unspecified atom stereocenters. The first kappa shape index (κ1) is 58.9. The largest absolute Gasteiger partial charge is 0.462 e. The molecule has 370 valence electrons. The van der Waals surface area contributed by atoms with Crippen LogP contribution in [0.25, 0.3) is 0 Å². The van der Waals surface area contributed by atoms with Crippen molar-refractivity contribution < 1.29 is 42.9 Å². The fourth-order valence-corrected chi connectivity index (χ4v) is 8.60. The number of carbonyl (C=O) groups excluding carboxylic acids is 4. The maximum atomic E-state index is 13.4. The summed E-state index contributed by atoms with van der Waals surface area (Å²) in [4.78, 5) is 52.9. The molecule has 0 saturated carbocycles. The first-order valence-corrected chi connectivity index (χ1v) is 27.2. The van der Waals surface area contributed by atoms with Gasteiger partial charge in [-0.2, -0.15) is 0 Å². The molecule has 1 fully saturated rings. The molecule has 0 N–H and O–H groups in total. The Morgan fingerprint density at radius 1 is 0.397 bits per heavy atom. The fraction of sp³-hybridized carbons (Fsp3) is 0.926. The van der Waals surface area contributed by atoms with Crippen LogP contribution in [0.15, 0.2) is 0 Å². The average Bonchev–Trinajstić information content (AvgIpc) is 3.65. The topological polar surface area (TPSA) is 114 Å². The van der Waals surface area contributed by atoms with Crippen molar-refractivity contribution in [3.05, 3.63) is 0 Å². The van der Waals surface area contributed by atoms with Crippen LogP contribution in [0.5, 0.6) is 0 Å². The second-order valence-electron chi connectivity index (χ2n) is 18.8. The lowest BCUT2D eigenvalue weighted by Crippen LogP contribution is -2.47. The van der Waals surface area contributed by atoms with Crippen LogP contribution in [0.4, 0.5) is 0 Å². The second kappa shape index (κ2) is 43.7. The smallest absolute Gasteiger partial charge is 0.306 e. The van der Waals surface area contributed by atoms with E-state index in [9.17, 15) is 19.2 Å². The van der Waals surface area contributed by atoms with Crippen LogP contribution in [0, 0.1) is 0 Å². The van der Waals surface area contributed by atoms with Crippen molar-refractivity contribution in [1.29, 1.82) is 0 Å². The highest BCUT2D eigenvalue weighted by molar-refractivity contribution is 5.71. The van der Waals surface area contributed by atoms with Gasteiger partial charge in [-0.25, -0.2) is 0 Å². The summed E-state index contributed by atoms with van der Waals surface area (Å²) in [7, 11) is 0. The van der Waals surface area contributed by atoms with E-state index < -0.39 is 30.4 Å². The SMILES string of the molecule is CCCCCCCCCCCC(=O)OC[C@@H](OC(=O)CCCCCCCCCCC)[C@H]1OC[C@H](OC(=O)CCCCCCCCCCC)[C@H]1OC(=O)CCCCCCCCCCC. The maximum Gasteiger partial charge on any atom is 0.306 e. The summed E-state index contributed by atoms with van der Waals surface area (Å²) in [6.45, 7) is 8.70. The van der Waals surface area contributed by atoms with Crippen molar-refractivity contribution in [2.75, 3.05) is 13.2 Å². The van der Waals surface area contributed by atoms with Gasteiger partial charge in [0.25, 0.3) is 0 Å². The lowest BCUT2D eigenvalue weighted by Gasteiger charge is -2.28. The molecule has 9 nitrogen and oxygen atoms in total. The van der Waals surface area contributed by atoms with Gasteiger partial charge in [0.15, 0.2) is 18.3 Å². The van der Waals surface area contributed by atoms with Crippen molar-refractivity contribution in [2.24, 2.45) is 0 Å². The molecule has 1 aliphatic heterocycles. The molecule has 9 heteroatoms. The van der Waals surface area contributed by atoms with Gasteiger partial charge in [0, 0.05) is 25.7 Å². The molecule has 0 bridgehead atoms. The summed E-state index contributed by atoms with van der Waals surface area (Å²) in [6, 6.07) is 0. The summed E-state index contributed by atoms with van der Waals surface area (Å²) in [5.41, 5.74) is 0. The third-order valence-electron chi connectivity index (χ3n) is 12.7. The first-order chi connectivity index (χ1) is 30.9. The Hall–Kier alpha value is -2.16. The third-order valence-corrected chi connectivity index (χ3v) is 12.7. The van der Waals surface area contributed by atoms with Crippen LogP contribution in [0.2, 0.25) is 0 Å². The molecule has 1 heterocycles. The number of rotatable bonds is 46. The number of hydrogen-bond acceptors (Lipinski definition) is 9. The van der Waals surface area contributed by atoms with Gasteiger partial charge in [0.05, 0.1) is 6.61 Å². The van der Waals surface area contributed by atoms with Crippen molar-refractivity contribution in [3.63, 3.8) is 0 Å². The van der Waals surface area contributed by atoms with Crippen LogP contribution in [-0.4, -0.2) is 61.5 Å². The molecule has 4 atom stereocenters. The average molecular weight is 893 g/mol. The first-order valence-electron chi connectivity index (χ1n) is 27.2. The predicted molar refractivity (Wildman–Crippen MR) is 258 cm³/mol. The molecule has 0 aromatic carbocycles. The fourth-order valence-electron chi connectivity index (χ4n) is 8.60. The van der Waals surface area contributed by atoms with E-state index in [-0.39, 0.29) is 56.8 Å². The second-order valence-corrected chi connectivity index (χ2v) is 18.8. The van der Waals surface area contributed by atoms with Gasteiger partial charge in [-0.1, -0.05) is 233 Å². The highest BCUT2D eigenvalue weighted by Crippen LogP contribution is 2.28. The third kappa shape index (κ3) is 34.8. The Labute approximate surface area is 387 Å². The highest BCUT2D eigenvalue weighted by Gasteiger charge is 2.48. The molecule has 0 aromatic heterocycles. The molecule has 0 aromatic rings. The van der Waals surface area contributed by atoms with E-state index in [4.69, 9.17) is 23.7 Å². The zero-order valence-electron chi connectivity index (χ0n) is 41.7. The minimum absolute atomic E-state index is 0.00282. The number of carbonyl (C=O) groups is 4. The van der Waals surface area contributed by atoms with Crippen molar-refractivity contribution in [2.45, 2.75) is 309 Å². The van der Waals surface area contributed by atoms with Crippen LogP contribution in [0.1, 0.15) is 285 Å². The van der Waals surface area contributed by atoms with Crippen molar-refractivity contribution in [3.8, 4) is 0 Å². The van der Waals surface area contributed by atoms with E-state index >= 15 is 0 Å². The van der Waals surface area contributed by atoms with E-state index in [1.807, 2.05) is 0 Å². The van der Waals surface area contributed by atoms with Gasteiger partial charge < -0.3 is 23.7 Å². The Kier molecular flexibility index (Phi) is 40.8. The highest BCUT2D eigenvalue weighted by atomic mass is 16.7. The Morgan fingerprint density at radius 3 is 1.06 bits per heavy atom. The zero-order chi connectivity index (χ0) is 45.9. The van der Waals surface area contributed by atoms with Gasteiger partial charge in [-0.05, 0) is 25.7 Å². The summed E-state index contributed by atoms with van der Waals surface area (Å²) >= 11 is 0. The van der Waals surface area contributed by atoms with Gasteiger partial charge >= 0.3 is 23.9 Å². The molecular weight excluding hydrogens is 793 g/mol. The van der Waals surface area contributed by atoms with E-state index in [2.05, 4.69) is 27.7 Å². The molecule has 0 amide bonds. The number of esters is 4. The standard InChI is InChI=1S/C54H100O9/c1-5-9-13-17-21-25-29-33-37-41-49(55)59-45-47(61-50(56)42-38-34-30-26-22-18-14-10-6-2)53-54(63-52(58)44-40-36-32-28-24-20-16-12-8-4)48(46-60-53)62-51(57)43-39-35-31-27-23-19-15-11-7-3/h47-48,53-54H,5-46H2,1-4H3/t47-,48+,53-,54-/m1/s1. The predicted octanol–water partition coefficient (Wildman–Crippen LogP) is 15.3. The number of unbranched alkanes of at least 4 members (excludes halogenated alkanes) is 32. The van der Waals surface area contributed by atoms with Gasteiger partial charge in [-0.3, -0.25) is 19.2 Å². The number of hydrogen-bond donors (Lipinski definition) is 0. The Morgan fingerprint density at radius 2 is 0.698 bits per heavy atom. The van der Waals surface area contributed by atoms with Crippen molar-refractivity contribution >= 4 is 23.9 Å². The molecule has 1 aliphatic rings. The molecule has 1 rings (SSSR count). The minimum atomic E-state index is -1.00. The Bertz CT molecular complexity index is 1080. The molecule has 0 spiro atoms. The maximum absolute atomic E-state index is 13.4. The normalized spacial score (nSPS) is 16.5. The number of ether oxygens (including phenoxy) is 5. The van der Waals surface area contributed by atoms with Crippen molar-refractivity contribution in [1.82, 2.24) is 0 Å². The lowest BCUT2D eigenvalue weighted by molar-refractivity contribution is -0.179. The zero-order valence-corrected chi connectivity index (χ0v) is 41.7. The summed E-state index contributed by atoms with van der Waals surface area (Å²) in [6.07, 6.45) is 38.3.